The highest BCUT2D eigenvalue weighted by molar-refractivity contribution is 5.50. The molecule has 1 aliphatic rings. The molecule has 0 atom stereocenters. The summed E-state index contributed by atoms with van der Waals surface area (Å²) in [5.41, 5.74) is 2.45. The number of nitrogens with one attached hydrogen (secondary N) is 1. The van der Waals surface area contributed by atoms with Gasteiger partial charge in [0.15, 0.2) is 0 Å². The van der Waals surface area contributed by atoms with Crippen LogP contribution in [0.2, 0.25) is 0 Å². The Balaban J connectivity index is 2.14. The summed E-state index contributed by atoms with van der Waals surface area (Å²) in [7, 11) is 3.77. The predicted molar refractivity (Wildman–Crippen MR) is 77.6 cm³/mol. The normalized spacial score (nSPS) is 14.9. The van der Waals surface area contributed by atoms with E-state index < -0.39 is 0 Å². The fourth-order valence-corrected chi connectivity index (χ4v) is 2.44. The molecule has 1 aromatic heterocycles. The van der Waals surface area contributed by atoms with Crippen LogP contribution in [-0.4, -0.2) is 42.6 Å². The van der Waals surface area contributed by atoms with Crippen molar-refractivity contribution in [3.05, 3.63) is 11.3 Å². The minimum absolute atomic E-state index is 0.724. The van der Waals surface area contributed by atoms with Crippen LogP contribution in [0.5, 0.6) is 0 Å². The molecule has 5 heteroatoms. The van der Waals surface area contributed by atoms with Gasteiger partial charge in [-0.2, -0.15) is 5.10 Å². The van der Waals surface area contributed by atoms with Gasteiger partial charge in [-0.15, -0.1) is 0 Å². The molecule has 0 saturated heterocycles. The Labute approximate surface area is 115 Å². The maximum Gasteiger partial charge on any atom is 0.131 e. The van der Waals surface area contributed by atoms with E-state index in [2.05, 4.69) is 29.2 Å². The van der Waals surface area contributed by atoms with Crippen LogP contribution in [0.1, 0.15) is 31.0 Å². The van der Waals surface area contributed by atoms with Crippen LogP contribution in [0, 0.1) is 6.92 Å². The van der Waals surface area contributed by atoms with E-state index in [1.54, 1.807) is 7.11 Å². The number of rotatable bonds is 8. The Bertz CT molecular complexity index is 412. The first-order valence-electron chi connectivity index (χ1n) is 7.17. The van der Waals surface area contributed by atoms with E-state index >= 15 is 0 Å². The molecule has 0 aliphatic heterocycles. The lowest BCUT2D eigenvalue weighted by atomic mass is 10.2. The third-order valence-corrected chi connectivity index (χ3v) is 3.70. The van der Waals surface area contributed by atoms with Gasteiger partial charge in [-0.05, 0) is 26.7 Å². The fraction of sp³-hybridized carbons (Fsp3) is 0.786. The average Bonchev–Trinajstić information content (AvgIpc) is 3.16. The van der Waals surface area contributed by atoms with Crippen LogP contribution in [-0.2, 0) is 18.3 Å². The highest BCUT2D eigenvalue weighted by Gasteiger charge is 2.23. The standard InChI is InChI=1S/C14H26N4O/c1-5-18(8-9-19-4)14-13(10-15-12-6-7-12)11(2)16-17(14)3/h12,15H,5-10H2,1-4H3. The van der Waals surface area contributed by atoms with Crippen molar-refractivity contribution >= 4 is 5.82 Å². The number of aryl methyl sites for hydroxylation is 2. The van der Waals surface area contributed by atoms with Gasteiger partial charge in [-0.25, -0.2) is 0 Å². The van der Waals surface area contributed by atoms with Crippen molar-refractivity contribution in [3.63, 3.8) is 0 Å². The molecule has 1 N–H and O–H groups in total. The number of ether oxygens (including phenoxy) is 1. The number of anilines is 1. The maximum atomic E-state index is 5.20. The topological polar surface area (TPSA) is 42.3 Å². The maximum absolute atomic E-state index is 5.20. The van der Waals surface area contributed by atoms with Gasteiger partial charge in [-0.1, -0.05) is 0 Å². The first kappa shape index (κ1) is 14.3. The van der Waals surface area contributed by atoms with Gasteiger partial charge in [-0.3, -0.25) is 4.68 Å². The molecule has 1 saturated carbocycles. The van der Waals surface area contributed by atoms with Crippen molar-refractivity contribution in [3.8, 4) is 0 Å². The largest absolute Gasteiger partial charge is 0.383 e. The van der Waals surface area contributed by atoms with Gasteiger partial charge >= 0.3 is 0 Å². The van der Waals surface area contributed by atoms with E-state index in [4.69, 9.17) is 4.74 Å². The molecule has 5 nitrogen and oxygen atoms in total. The summed E-state index contributed by atoms with van der Waals surface area (Å²) in [5.74, 6) is 1.23. The van der Waals surface area contributed by atoms with Gasteiger partial charge < -0.3 is 15.0 Å². The van der Waals surface area contributed by atoms with Gasteiger partial charge in [0, 0.05) is 45.4 Å². The van der Waals surface area contributed by atoms with Crippen LogP contribution in [0.4, 0.5) is 5.82 Å². The quantitative estimate of drug-likeness (QED) is 0.773. The lowest BCUT2D eigenvalue weighted by molar-refractivity contribution is 0.205. The van der Waals surface area contributed by atoms with E-state index in [9.17, 15) is 0 Å². The zero-order valence-corrected chi connectivity index (χ0v) is 12.6. The van der Waals surface area contributed by atoms with E-state index in [1.807, 2.05) is 11.7 Å². The van der Waals surface area contributed by atoms with E-state index in [0.717, 1.165) is 38.0 Å². The summed E-state index contributed by atoms with van der Waals surface area (Å²) in [4.78, 5) is 2.34. The first-order chi connectivity index (χ1) is 9.17. The van der Waals surface area contributed by atoms with Crippen molar-refractivity contribution in [2.45, 2.75) is 39.3 Å². The van der Waals surface area contributed by atoms with Crippen LogP contribution < -0.4 is 10.2 Å². The summed E-state index contributed by atoms with van der Waals surface area (Å²) in [6.45, 7) is 7.81. The van der Waals surface area contributed by atoms with Crippen molar-refractivity contribution < 1.29 is 4.74 Å². The number of aromatic nitrogens is 2. The zero-order chi connectivity index (χ0) is 13.8. The molecule has 0 amide bonds. The van der Waals surface area contributed by atoms with Gasteiger partial charge in [0.05, 0.1) is 12.3 Å². The third-order valence-electron chi connectivity index (χ3n) is 3.70. The SMILES string of the molecule is CCN(CCOC)c1c(CNC2CC2)c(C)nn1C. The van der Waals surface area contributed by atoms with Crippen molar-refractivity contribution in [1.29, 1.82) is 0 Å². The van der Waals surface area contributed by atoms with E-state index in [0.29, 0.717) is 0 Å². The van der Waals surface area contributed by atoms with Crippen molar-refractivity contribution in [1.82, 2.24) is 15.1 Å². The molecule has 1 aromatic rings. The number of hydrogen-bond donors (Lipinski definition) is 1. The Morgan fingerprint density at radius 3 is 2.79 bits per heavy atom. The number of nitrogens with zero attached hydrogens (tertiary/aromatic N) is 3. The smallest absolute Gasteiger partial charge is 0.131 e. The molecule has 0 spiro atoms. The van der Waals surface area contributed by atoms with Crippen LogP contribution in [0.25, 0.3) is 0 Å². The summed E-state index contributed by atoms with van der Waals surface area (Å²) in [6, 6.07) is 0.724. The average molecular weight is 266 g/mol. The molecule has 0 radical (unpaired) electrons. The van der Waals surface area contributed by atoms with E-state index in [1.165, 1.54) is 24.2 Å². The minimum atomic E-state index is 0.724. The number of likely N-dealkylation sites (N-methyl/N-ethyl adjacent to an activating group) is 1. The lowest BCUT2D eigenvalue weighted by Gasteiger charge is -2.24. The molecule has 2 rings (SSSR count). The fourth-order valence-electron chi connectivity index (χ4n) is 2.44. The molecule has 1 aliphatic carbocycles. The number of hydrogen-bond acceptors (Lipinski definition) is 4. The van der Waals surface area contributed by atoms with Gasteiger partial charge in [0.25, 0.3) is 0 Å². The van der Waals surface area contributed by atoms with Crippen LogP contribution >= 0.6 is 0 Å². The van der Waals surface area contributed by atoms with Crippen molar-refractivity contribution in [2.24, 2.45) is 7.05 Å². The Morgan fingerprint density at radius 1 is 1.47 bits per heavy atom. The van der Waals surface area contributed by atoms with Crippen LogP contribution in [0.15, 0.2) is 0 Å². The Morgan fingerprint density at radius 2 is 2.21 bits per heavy atom. The minimum Gasteiger partial charge on any atom is -0.383 e. The molecule has 19 heavy (non-hydrogen) atoms. The summed E-state index contributed by atoms with van der Waals surface area (Å²) in [6.07, 6.45) is 2.63. The third kappa shape index (κ3) is 3.48. The predicted octanol–water partition coefficient (Wildman–Crippen LogP) is 1.45. The first-order valence-corrected chi connectivity index (χ1v) is 7.17. The molecular weight excluding hydrogens is 240 g/mol. The zero-order valence-electron chi connectivity index (χ0n) is 12.6. The molecule has 0 bridgehead atoms. The second-order valence-electron chi connectivity index (χ2n) is 5.24. The van der Waals surface area contributed by atoms with Crippen molar-refractivity contribution in [2.75, 3.05) is 31.7 Å². The second kappa shape index (κ2) is 6.39. The highest BCUT2D eigenvalue weighted by Crippen LogP contribution is 2.25. The van der Waals surface area contributed by atoms with Gasteiger partial charge in [0.1, 0.15) is 5.82 Å². The van der Waals surface area contributed by atoms with E-state index in [-0.39, 0.29) is 0 Å². The molecule has 1 heterocycles. The molecular formula is C14H26N4O. The molecule has 1 fully saturated rings. The summed E-state index contributed by atoms with van der Waals surface area (Å²) in [5, 5.41) is 8.17. The summed E-state index contributed by atoms with van der Waals surface area (Å²) < 4.78 is 7.20. The molecule has 0 aromatic carbocycles. The van der Waals surface area contributed by atoms with Crippen LogP contribution in [0.3, 0.4) is 0 Å². The second-order valence-corrected chi connectivity index (χ2v) is 5.24. The molecule has 108 valence electrons. The highest BCUT2D eigenvalue weighted by atomic mass is 16.5. The molecule has 0 unspecified atom stereocenters. The Kier molecular flexibility index (Phi) is 4.82. The summed E-state index contributed by atoms with van der Waals surface area (Å²) >= 11 is 0. The monoisotopic (exact) mass is 266 g/mol. The number of methoxy groups -OCH3 is 1. The lowest BCUT2D eigenvalue weighted by Crippen LogP contribution is -2.30. The van der Waals surface area contributed by atoms with Gasteiger partial charge in [0.2, 0.25) is 0 Å². The Hall–Kier alpha value is -1.07.